The van der Waals surface area contributed by atoms with Gasteiger partial charge in [0, 0.05) is 5.41 Å². The molecular formula is C15H20O2. The molecule has 0 heterocycles. The molecule has 2 rings (SSSR count). The van der Waals surface area contributed by atoms with Crippen LogP contribution in [0.5, 0.6) is 0 Å². The molecule has 1 aromatic carbocycles. The molecule has 0 saturated heterocycles. The number of benzene rings is 1. The molecule has 2 N–H and O–H groups in total. The van der Waals surface area contributed by atoms with Gasteiger partial charge in [0.2, 0.25) is 0 Å². The number of aliphatic hydroxyl groups is 2. The van der Waals surface area contributed by atoms with Crippen LogP contribution >= 0.6 is 0 Å². The SMILES string of the molecule is C=C1C(C)(O)CCC1(C)c1ccc(CO)cc1. The summed E-state index contributed by atoms with van der Waals surface area (Å²) in [6.45, 7) is 8.11. The normalized spacial score (nSPS) is 33.1. The molecule has 17 heavy (non-hydrogen) atoms. The van der Waals surface area contributed by atoms with Crippen LogP contribution in [0.25, 0.3) is 0 Å². The first-order valence-electron chi connectivity index (χ1n) is 6.03. The average Bonchev–Trinajstić information content (AvgIpc) is 2.55. The molecule has 0 bridgehead atoms. The molecule has 0 spiro atoms. The monoisotopic (exact) mass is 232 g/mol. The summed E-state index contributed by atoms with van der Waals surface area (Å²) in [5.41, 5.74) is 2.05. The summed E-state index contributed by atoms with van der Waals surface area (Å²) in [5.74, 6) is 0. The van der Waals surface area contributed by atoms with Crippen LogP contribution in [0.1, 0.15) is 37.8 Å². The maximum Gasteiger partial charge on any atom is 0.0835 e. The van der Waals surface area contributed by atoms with Crippen molar-refractivity contribution in [3.63, 3.8) is 0 Å². The lowest BCUT2D eigenvalue weighted by Gasteiger charge is -2.30. The molecule has 0 aromatic heterocycles. The molecule has 1 aliphatic rings. The van der Waals surface area contributed by atoms with Gasteiger partial charge < -0.3 is 10.2 Å². The zero-order valence-electron chi connectivity index (χ0n) is 10.5. The van der Waals surface area contributed by atoms with Gasteiger partial charge in [-0.2, -0.15) is 0 Å². The zero-order valence-corrected chi connectivity index (χ0v) is 10.5. The van der Waals surface area contributed by atoms with Crippen molar-refractivity contribution in [3.05, 3.63) is 47.5 Å². The summed E-state index contributed by atoms with van der Waals surface area (Å²) in [6.07, 6.45) is 1.67. The molecule has 1 aromatic rings. The minimum absolute atomic E-state index is 0.0651. The predicted octanol–water partition coefficient (Wildman–Crippen LogP) is 2.54. The Balaban J connectivity index is 2.36. The molecule has 1 aliphatic carbocycles. The molecule has 2 atom stereocenters. The van der Waals surface area contributed by atoms with Crippen LogP contribution in [0.3, 0.4) is 0 Å². The van der Waals surface area contributed by atoms with Crippen molar-refractivity contribution in [1.82, 2.24) is 0 Å². The summed E-state index contributed by atoms with van der Waals surface area (Å²) < 4.78 is 0. The van der Waals surface area contributed by atoms with E-state index in [1.165, 1.54) is 0 Å². The Labute approximate surface area is 103 Å². The summed E-state index contributed by atoms with van der Waals surface area (Å²) in [5, 5.41) is 19.3. The van der Waals surface area contributed by atoms with Crippen molar-refractivity contribution in [2.45, 2.75) is 44.3 Å². The summed E-state index contributed by atoms with van der Waals surface area (Å²) >= 11 is 0. The van der Waals surface area contributed by atoms with Gasteiger partial charge in [-0.25, -0.2) is 0 Å². The molecule has 1 fully saturated rings. The van der Waals surface area contributed by atoms with E-state index < -0.39 is 5.60 Å². The largest absolute Gasteiger partial charge is 0.392 e. The molecule has 0 aliphatic heterocycles. The number of hydrogen-bond acceptors (Lipinski definition) is 2. The Hall–Kier alpha value is -1.12. The number of rotatable bonds is 2. The van der Waals surface area contributed by atoms with E-state index in [0.29, 0.717) is 0 Å². The first-order valence-corrected chi connectivity index (χ1v) is 6.03. The van der Waals surface area contributed by atoms with Crippen molar-refractivity contribution in [2.75, 3.05) is 0 Å². The van der Waals surface area contributed by atoms with Crippen LogP contribution in [-0.2, 0) is 12.0 Å². The van der Waals surface area contributed by atoms with Crippen LogP contribution in [-0.4, -0.2) is 15.8 Å². The molecule has 1 saturated carbocycles. The van der Waals surface area contributed by atoms with Crippen LogP contribution in [0, 0.1) is 0 Å². The van der Waals surface area contributed by atoms with Gasteiger partial charge in [-0.05, 0) is 36.5 Å². The third kappa shape index (κ3) is 1.92. The maximum absolute atomic E-state index is 10.2. The summed E-state index contributed by atoms with van der Waals surface area (Å²) in [6, 6.07) is 7.91. The maximum atomic E-state index is 10.2. The van der Waals surface area contributed by atoms with Crippen LogP contribution < -0.4 is 0 Å². The van der Waals surface area contributed by atoms with Gasteiger partial charge in [0.05, 0.1) is 12.2 Å². The molecule has 92 valence electrons. The molecule has 2 unspecified atom stereocenters. The Morgan fingerprint density at radius 2 is 1.76 bits per heavy atom. The Morgan fingerprint density at radius 3 is 2.18 bits per heavy atom. The Bertz CT molecular complexity index is 431. The van der Waals surface area contributed by atoms with Crippen molar-refractivity contribution in [1.29, 1.82) is 0 Å². The zero-order chi connectivity index (χ0) is 12.7. The lowest BCUT2D eigenvalue weighted by Crippen LogP contribution is -2.28. The van der Waals surface area contributed by atoms with Gasteiger partial charge in [0.15, 0.2) is 0 Å². The highest BCUT2D eigenvalue weighted by molar-refractivity contribution is 5.42. The smallest absolute Gasteiger partial charge is 0.0835 e. The van der Waals surface area contributed by atoms with Crippen LogP contribution in [0.2, 0.25) is 0 Å². The summed E-state index contributed by atoms with van der Waals surface area (Å²) in [4.78, 5) is 0. The van der Waals surface area contributed by atoms with E-state index in [2.05, 4.69) is 13.5 Å². The van der Waals surface area contributed by atoms with E-state index in [-0.39, 0.29) is 12.0 Å². The van der Waals surface area contributed by atoms with Crippen molar-refractivity contribution in [2.24, 2.45) is 0 Å². The standard InChI is InChI=1S/C15H20O2/c1-11-14(2,8-9-15(11,3)17)13-6-4-12(10-16)5-7-13/h4-7,16-17H,1,8-10H2,2-3H3. The number of aliphatic hydroxyl groups excluding tert-OH is 1. The van der Waals surface area contributed by atoms with Crippen molar-refractivity contribution >= 4 is 0 Å². The quantitative estimate of drug-likeness (QED) is 0.769. The first kappa shape index (κ1) is 12.3. The summed E-state index contributed by atoms with van der Waals surface area (Å²) in [7, 11) is 0. The third-order valence-corrected chi connectivity index (χ3v) is 4.20. The fraction of sp³-hybridized carbons (Fsp3) is 0.467. The van der Waals surface area contributed by atoms with Crippen LogP contribution in [0.15, 0.2) is 36.4 Å². The van der Waals surface area contributed by atoms with Gasteiger partial charge in [-0.1, -0.05) is 37.8 Å². The number of hydrogen-bond donors (Lipinski definition) is 2. The van der Waals surface area contributed by atoms with Crippen molar-refractivity contribution < 1.29 is 10.2 Å². The Morgan fingerprint density at radius 1 is 1.18 bits per heavy atom. The van der Waals surface area contributed by atoms with Gasteiger partial charge in [-0.15, -0.1) is 0 Å². The first-order chi connectivity index (χ1) is 7.90. The third-order valence-electron chi connectivity index (χ3n) is 4.20. The second kappa shape index (κ2) is 3.97. The second-order valence-corrected chi connectivity index (χ2v) is 5.44. The highest BCUT2D eigenvalue weighted by atomic mass is 16.3. The lowest BCUT2D eigenvalue weighted by atomic mass is 9.76. The van der Waals surface area contributed by atoms with Crippen LogP contribution in [0.4, 0.5) is 0 Å². The predicted molar refractivity (Wildman–Crippen MR) is 68.7 cm³/mol. The highest BCUT2D eigenvalue weighted by Crippen LogP contribution is 2.49. The van der Waals surface area contributed by atoms with E-state index in [1.807, 2.05) is 31.2 Å². The van der Waals surface area contributed by atoms with Gasteiger partial charge in [0.25, 0.3) is 0 Å². The van der Waals surface area contributed by atoms with E-state index in [0.717, 1.165) is 29.5 Å². The Kier molecular flexibility index (Phi) is 2.88. The molecule has 0 radical (unpaired) electrons. The average molecular weight is 232 g/mol. The van der Waals surface area contributed by atoms with Crippen molar-refractivity contribution in [3.8, 4) is 0 Å². The minimum atomic E-state index is -0.760. The van der Waals surface area contributed by atoms with Gasteiger partial charge >= 0.3 is 0 Å². The topological polar surface area (TPSA) is 40.5 Å². The lowest BCUT2D eigenvalue weighted by molar-refractivity contribution is 0.105. The fourth-order valence-electron chi connectivity index (χ4n) is 2.69. The molecule has 2 nitrogen and oxygen atoms in total. The minimum Gasteiger partial charge on any atom is -0.392 e. The molecule has 2 heteroatoms. The molecular weight excluding hydrogens is 212 g/mol. The fourth-order valence-corrected chi connectivity index (χ4v) is 2.69. The van der Waals surface area contributed by atoms with E-state index in [9.17, 15) is 5.11 Å². The van der Waals surface area contributed by atoms with Gasteiger partial charge in [0.1, 0.15) is 0 Å². The van der Waals surface area contributed by atoms with E-state index in [1.54, 1.807) is 0 Å². The van der Waals surface area contributed by atoms with Gasteiger partial charge in [-0.3, -0.25) is 0 Å². The highest BCUT2D eigenvalue weighted by Gasteiger charge is 2.46. The second-order valence-electron chi connectivity index (χ2n) is 5.44. The van der Waals surface area contributed by atoms with E-state index >= 15 is 0 Å². The molecule has 0 amide bonds. The van der Waals surface area contributed by atoms with E-state index in [4.69, 9.17) is 5.11 Å².